The number of nitrogens with one attached hydrogen (secondary N) is 2. The van der Waals surface area contributed by atoms with Crippen LogP contribution in [0.3, 0.4) is 0 Å². The van der Waals surface area contributed by atoms with E-state index in [0.29, 0.717) is 18.7 Å². The van der Waals surface area contributed by atoms with Gasteiger partial charge in [0.2, 0.25) is 5.91 Å². The first-order valence-corrected chi connectivity index (χ1v) is 5.88. The van der Waals surface area contributed by atoms with Crippen molar-refractivity contribution in [3.63, 3.8) is 0 Å². The van der Waals surface area contributed by atoms with Gasteiger partial charge in [0.05, 0.1) is 4.92 Å². The monoisotopic (exact) mass is 249 g/mol. The summed E-state index contributed by atoms with van der Waals surface area (Å²) in [5.74, 6) is -0.0983. The van der Waals surface area contributed by atoms with E-state index in [-0.39, 0.29) is 11.6 Å². The maximum Gasteiger partial charge on any atom is 0.292 e. The van der Waals surface area contributed by atoms with E-state index in [1.165, 1.54) is 6.07 Å². The molecule has 0 radical (unpaired) electrons. The van der Waals surface area contributed by atoms with E-state index in [1.54, 1.807) is 19.1 Å². The highest BCUT2D eigenvalue weighted by Crippen LogP contribution is 2.29. The number of nitro benzene ring substituents is 1. The Kier molecular flexibility index (Phi) is 3.45. The molecule has 1 fully saturated rings. The zero-order valence-corrected chi connectivity index (χ0v) is 10.1. The van der Waals surface area contributed by atoms with Gasteiger partial charge in [0, 0.05) is 12.6 Å². The Morgan fingerprint density at radius 2 is 2.28 bits per heavy atom. The molecule has 1 aliphatic rings. The van der Waals surface area contributed by atoms with Crippen LogP contribution in [0.5, 0.6) is 0 Å². The zero-order chi connectivity index (χ0) is 13.1. The third-order valence-corrected chi connectivity index (χ3v) is 3.05. The maximum absolute atomic E-state index is 11.6. The van der Waals surface area contributed by atoms with Crippen LogP contribution in [0.4, 0.5) is 11.4 Å². The quantitative estimate of drug-likeness (QED) is 0.629. The Hall–Kier alpha value is -2.11. The highest BCUT2D eigenvalue weighted by atomic mass is 16.6. The number of rotatable bonds is 3. The van der Waals surface area contributed by atoms with Gasteiger partial charge in [0.25, 0.3) is 5.69 Å². The second-order valence-electron chi connectivity index (χ2n) is 4.36. The molecule has 1 amide bonds. The number of amides is 1. The molecule has 1 unspecified atom stereocenters. The molecule has 1 aromatic rings. The van der Waals surface area contributed by atoms with E-state index in [1.807, 2.05) is 0 Å². The van der Waals surface area contributed by atoms with Gasteiger partial charge in [-0.1, -0.05) is 12.1 Å². The molecule has 0 bridgehead atoms. The predicted octanol–water partition coefficient (Wildman–Crippen LogP) is 1.59. The average Bonchev–Trinajstić information content (AvgIpc) is 2.34. The normalized spacial score (nSPS) is 19.2. The fourth-order valence-electron chi connectivity index (χ4n) is 2.08. The fraction of sp³-hybridized carbons (Fsp3) is 0.417. The molecule has 0 saturated carbocycles. The lowest BCUT2D eigenvalue weighted by molar-refractivity contribution is -0.384. The molecule has 1 saturated heterocycles. The number of hydrogen-bond donors (Lipinski definition) is 2. The average molecular weight is 249 g/mol. The molecule has 96 valence electrons. The van der Waals surface area contributed by atoms with E-state index in [9.17, 15) is 14.9 Å². The van der Waals surface area contributed by atoms with Crippen LogP contribution >= 0.6 is 0 Å². The maximum atomic E-state index is 11.6. The summed E-state index contributed by atoms with van der Waals surface area (Å²) in [4.78, 5) is 22.2. The van der Waals surface area contributed by atoms with Crippen molar-refractivity contribution in [1.29, 1.82) is 0 Å². The Morgan fingerprint density at radius 3 is 2.94 bits per heavy atom. The molecule has 0 aromatic heterocycles. The van der Waals surface area contributed by atoms with Gasteiger partial charge in [-0.15, -0.1) is 0 Å². The number of nitro groups is 1. The summed E-state index contributed by atoms with van der Waals surface area (Å²) in [5, 5.41) is 16.7. The highest BCUT2D eigenvalue weighted by Gasteiger charge is 2.25. The summed E-state index contributed by atoms with van der Waals surface area (Å²) in [6, 6.07) is 4.48. The molecular weight excluding hydrogens is 234 g/mol. The van der Waals surface area contributed by atoms with Gasteiger partial charge in [-0.05, 0) is 25.3 Å². The number of benzene rings is 1. The van der Waals surface area contributed by atoms with Gasteiger partial charge >= 0.3 is 0 Å². The number of anilines is 1. The van der Waals surface area contributed by atoms with Crippen LogP contribution in [0.1, 0.15) is 18.4 Å². The molecule has 1 atom stereocenters. The van der Waals surface area contributed by atoms with Crippen molar-refractivity contribution < 1.29 is 9.72 Å². The van der Waals surface area contributed by atoms with Crippen molar-refractivity contribution in [3.8, 4) is 0 Å². The van der Waals surface area contributed by atoms with Crippen LogP contribution in [0.15, 0.2) is 18.2 Å². The number of para-hydroxylation sites is 1. The van der Waals surface area contributed by atoms with Gasteiger partial charge in [-0.25, -0.2) is 0 Å². The van der Waals surface area contributed by atoms with Gasteiger partial charge in [-0.2, -0.15) is 0 Å². The van der Waals surface area contributed by atoms with E-state index < -0.39 is 11.0 Å². The van der Waals surface area contributed by atoms with Crippen molar-refractivity contribution in [3.05, 3.63) is 33.9 Å². The lowest BCUT2D eigenvalue weighted by atomic mass is 10.0. The molecule has 0 spiro atoms. The van der Waals surface area contributed by atoms with Crippen molar-refractivity contribution >= 4 is 17.3 Å². The minimum absolute atomic E-state index is 0.00775. The fourth-order valence-corrected chi connectivity index (χ4v) is 2.08. The number of carbonyl (C=O) groups is 1. The lowest BCUT2D eigenvalue weighted by Crippen LogP contribution is -2.44. The molecule has 6 heteroatoms. The summed E-state index contributed by atoms with van der Waals surface area (Å²) in [7, 11) is 0. The van der Waals surface area contributed by atoms with Crippen molar-refractivity contribution in [2.75, 3.05) is 11.9 Å². The van der Waals surface area contributed by atoms with Crippen LogP contribution in [0.2, 0.25) is 0 Å². The third kappa shape index (κ3) is 2.42. The second kappa shape index (κ2) is 5.03. The van der Waals surface area contributed by atoms with E-state index >= 15 is 0 Å². The van der Waals surface area contributed by atoms with Gasteiger partial charge in [-0.3, -0.25) is 14.9 Å². The van der Waals surface area contributed by atoms with Crippen molar-refractivity contribution in [2.24, 2.45) is 0 Å². The summed E-state index contributed by atoms with van der Waals surface area (Å²) in [6.45, 7) is 2.46. The van der Waals surface area contributed by atoms with Crippen molar-refractivity contribution in [1.82, 2.24) is 5.32 Å². The molecular formula is C12H15N3O3. The molecule has 1 aliphatic heterocycles. The smallest absolute Gasteiger partial charge is 0.292 e. The van der Waals surface area contributed by atoms with E-state index in [4.69, 9.17) is 0 Å². The molecule has 18 heavy (non-hydrogen) atoms. The zero-order valence-electron chi connectivity index (χ0n) is 10.1. The standard InChI is InChI=1S/C12H15N3O3/c1-8-4-2-6-10(15(17)18)11(8)14-9-5-3-7-13-12(9)16/h2,4,6,9,14H,3,5,7H2,1H3,(H,13,16). The summed E-state index contributed by atoms with van der Waals surface area (Å²) >= 11 is 0. The molecule has 1 aromatic carbocycles. The molecule has 2 rings (SSSR count). The van der Waals surface area contributed by atoms with Gasteiger partial charge < -0.3 is 10.6 Å². The minimum Gasteiger partial charge on any atom is -0.368 e. The highest BCUT2D eigenvalue weighted by molar-refractivity contribution is 5.86. The van der Waals surface area contributed by atoms with Crippen LogP contribution in [0.25, 0.3) is 0 Å². The number of nitrogens with zero attached hydrogens (tertiary/aromatic N) is 1. The van der Waals surface area contributed by atoms with E-state index in [2.05, 4.69) is 10.6 Å². The number of hydrogen-bond acceptors (Lipinski definition) is 4. The first-order valence-electron chi connectivity index (χ1n) is 5.88. The number of carbonyl (C=O) groups excluding carboxylic acids is 1. The minimum atomic E-state index is -0.434. The largest absolute Gasteiger partial charge is 0.368 e. The topological polar surface area (TPSA) is 84.3 Å². The summed E-state index contributed by atoms with van der Waals surface area (Å²) < 4.78 is 0. The SMILES string of the molecule is Cc1cccc([N+](=O)[O-])c1NC1CCCNC1=O. The molecule has 0 aliphatic carbocycles. The molecule has 2 N–H and O–H groups in total. The number of piperidine rings is 1. The summed E-state index contributed by atoms with van der Waals surface area (Å²) in [5.41, 5.74) is 1.21. The third-order valence-electron chi connectivity index (χ3n) is 3.05. The second-order valence-corrected chi connectivity index (χ2v) is 4.36. The lowest BCUT2D eigenvalue weighted by Gasteiger charge is -2.24. The number of aryl methyl sites for hydroxylation is 1. The van der Waals surface area contributed by atoms with E-state index in [0.717, 1.165) is 12.0 Å². The molecule has 6 nitrogen and oxygen atoms in total. The first kappa shape index (κ1) is 12.3. The first-order chi connectivity index (χ1) is 8.59. The van der Waals surface area contributed by atoms with Crippen LogP contribution in [0, 0.1) is 17.0 Å². The predicted molar refractivity (Wildman–Crippen MR) is 67.5 cm³/mol. The Labute approximate surface area is 105 Å². The Morgan fingerprint density at radius 1 is 1.50 bits per heavy atom. The van der Waals surface area contributed by atoms with Gasteiger partial charge in [0.1, 0.15) is 11.7 Å². The van der Waals surface area contributed by atoms with Crippen LogP contribution < -0.4 is 10.6 Å². The Balaban J connectivity index is 2.27. The molecule has 1 heterocycles. The van der Waals surface area contributed by atoms with Crippen LogP contribution in [-0.2, 0) is 4.79 Å². The van der Waals surface area contributed by atoms with Crippen LogP contribution in [-0.4, -0.2) is 23.4 Å². The van der Waals surface area contributed by atoms with Gasteiger partial charge in [0.15, 0.2) is 0 Å². The Bertz CT molecular complexity index is 487. The summed E-state index contributed by atoms with van der Waals surface area (Å²) in [6.07, 6.45) is 1.57. The van der Waals surface area contributed by atoms with Crippen molar-refractivity contribution in [2.45, 2.75) is 25.8 Å².